The zero-order valence-electron chi connectivity index (χ0n) is 27.6. The maximum absolute atomic E-state index is 12.1. The molecule has 2 atom stereocenters. The number of benzene rings is 2. The molecule has 2 amide bonds. The van der Waals surface area contributed by atoms with Crippen molar-refractivity contribution < 1.29 is 19.1 Å². The summed E-state index contributed by atoms with van der Waals surface area (Å²) in [7, 11) is 4.78. The number of amides is 2. The van der Waals surface area contributed by atoms with Crippen molar-refractivity contribution >= 4 is 35.0 Å². The molecule has 4 aromatic rings. The van der Waals surface area contributed by atoms with E-state index < -0.39 is 0 Å². The number of carbonyl (C=O) groups excluding carboxylic acids is 2. The van der Waals surface area contributed by atoms with Crippen LogP contribution < -0.4 is 25.4 Å². The molecular formula is C35H38Cl2N8O4. The summed E-state index contributed by atoms with van der Waals surface area (Å²) in [5, 5.41) is 9.93. The Hall–Kier alpha value is -4.36. The van der Waals surface area contributed by atoms with Gasteiger partial charge in [-0.3, -0.25) is 24.5 Å². The fourth-order valence-corrected chi connectivity index (χ4v) is 6.94. The van der Waals surface area contributed by atoms with Crippen LogP contribution in [0.25, 0.3) is 33.6 Å². The van der Waals surface area contributed by atoms with Gasteiger partial charge >= 0.3 is 0 Å². The van der Waals surface area contributed by atoms with Gasteiger partial charge in [0.1, 0.15) is 11.4 Å². The van der Waals surface area contributed by atoms with E-state index in [1.165, 1.54) is 0 Å². The first-order chi connectivity index (χ1) is 23.8. The average Bonchev–Trinajstić information content (AvgIpc) is 3.77. The molecular weight excluding hydrogens is 667 g/mol. The molecule has 2 aliphatic heterocycles. The van der Waals surface area contributed by atoms with E-state index in [9.17, 15) is 9.59 Å². The van der Waals surface area contributed by atoms with Crippen molar-refractivity contribution in [1.82, 2.24) is 40.8 Å². The molecule has 0 saturated carbocycles. The quantitative estimate of drug-likeness (QED) is 0.193. The first-order valence-electron chi connectivity index (χ1n) is 16.1. The Morgan fingerprint density at radius 1 is 0.918 bits per heavy atom. The van der Waals surface area contributed by atoms with Crippen molar-refractivity contribution in [2.45, 2.75) is 38.4 Å². The van der Waals surface area contributed by atoms with Gasteiger partial charge in [-0.15, -0.1) is 0 Å². The maximum atomic E-state index is 12.1. The van der Waals surface area contributed by atoms with Crippen molar-refractivity contribution in [2.75, 3.05) is 40.9 Å². The monoisotopic (exact) mass is 704 g/mol. The lowest BCUT2D eigenvalue weighted by atomic mass is 9.98. The molecule has 4 heterocycles. The van der Waals surface area contributed by atoms with Crippen LogP contribution in [0.4, 0.5) is 0 Å². The second-order valence-electron chi connectivity index (χ2n) is 12.0. The van der Waals surface area contributed by atoms with Crippen LogP contribution in [0.1, 0.15) is 30.7 Å². The molecule has 2 aromatic carbocycles. The molecule has 14 heteroatoms. The van der Waals surface area contributed by atoms with Crippen molar-refractivity contribution in [3.63, 3.8) is 0 Å². The number of rotatable bonds is 12. The highest BCUT2D eigenvalue weighted by Crippen LogP contribution is 2.42. The number of hydrogen-bond donors (Lipinski definition) is 3. The number of ether oxygens (including phenoxy) is 2. The third-order valence-corrected chi connectivity index (χ3v) is 9.69. The van der Waals surface area contributed by atoms with Gasteiger partial charge < -0.3 is 25.4 Å². The van der Waals surface area contributed by atoms with E-state index in [2.05, 4.69) is 25.8 Å². The Balaban J connectivity index is 1.22. The van der Waals surface area contributed by atoms with E-state index in [-0.39, 0.29) is 23.8 Å². The topological polar surface area (TPSA) is 143 Å². The number of nitrogens with zero attached hydrogens (tertiary/aromatic N) is 5. The number of likely N-dealkylation sites (tertiary alicyclic amines) is 1. The molecule has 6 rings (SSSR count). The maximum Gasteiger partial charge on any atom is 0.237 e. The predicted octanol–water partition coefficient (Wildman–Crippen LogP) is 4.53. The van der Waals surface area contributed by atoms with Gasteiger partial charge in [0.05, 0.1) is 54.0 Å². The lowest BCUT2D eigenvalue weighted by Crippen LogP contribution is -2.35. The zero-order chi connectivity index (χ0) is 34.5. The second-order valence-corrected chi connectivity index (χ2v) is 12.8. The van der Waals surface area contributed by atoms with Crippen molar-refractivity contribution in [1.29, 1.82) is 0 Å². The van der Waals surface area contributed by atoms with Crippen molar-refractivity contribution in [3.05, 3.63) is 70.2 Å². The Bertz CT molecular complexity index is 1860. The largest absolute Gasteiger partial charge is 0.480 e. The van der Waals surface area contributed by atoms with Crippen LogP contribution >= 0.6 is 23.2 Å². The standard InChI is InChI=1S/C35H38Cl2N8O4/c1-38-33(47)20-12-13-45(18-20)19-29-35(49-3)44-27(17-41-29)25-9-5-7-23(32(25)37)22-6-4-8-24(31(22)36)26-16-40-28(34(43-26)48-2)15-39-14-21-10-11-30(46)42-21/h4-9,16-17,20-21,39H,10-15,18-19H2,1-3H3,(H,38,47)(H,42,46)/t20?,21-/m0/s1. The van der Waals surface area contributed by atoms with E-state index in [0.717, 1.165) is 19.4 Å². The predicted molar refractivity (Wildman–Crippen MR) is 187 cm³/mol. The molecule has 0 bridgehead atoms. The van der Waals surface area contributed by atoms with Crippen molar-refractivity contribution in [2.24, 2.45) is 5.92 Å². The molecule has 12 nitrogen and oxygen atoms in total. The van der Waals surface area contributed by atoms with Crippen LogP contribution in [0.5, 0.6) is 11.8 Å². The molecule has 256 valence electrons. The Morgan fingerprint density at radius 3 is 2.08 bits per heavy atom. The summed E-state index contributed by atoms with van der Waals surface area (Å²) in [6, 6.07) is 11.5. The highest BCUT2D eigenvalue weighted by molar-refractivity contribution is 6.39. The van der Waals surface area contributed by atoms with Crippen LogP contribution in [0.15, 0.2) is 48.8 Å². The molecule has 3 N–H and O–H groups in total. The fraction of sp³-hybridized carbons (Fsp3) is 0.371. The summed E-state index contributed by atoms with van der Waals surface area (Å²) in [4.78, 5) is 44.6. The molecule has 0 spiro atoms. The Kier molecular flexibility index (Phi) is 10.9. The second kappa shape index (κ2) is 15.5. The summed E-state index contributed by atoms with van der Waals surface area (Å²) >= 11 is 14.1. The Morgan fingerprint density at radius 2 is 1.51 bits per heavy atom. The lowest BCUT2D eigenvalue weighted by Gasteiger charge is -2.17. The molecule has 2 aromatic heterocycles. The van der Waals surface area contributed by atoms with Crippen LogP contribution in [0.2, 0.25) is 10.0 Å². The van der Waals surface area contributed by atoms with Gasteiger partial charge in [0.15, 0.2) is 0 Å². The lowest BCUT2D eigenvalue weighted by molar-refractivity contribution is -0.124. The van der Waals surface area contributed by atoms with Crippen LogP contribution in [-0.2, 0) is 22.7 Å². The fourth-order valence-electron chi connectivity index (χ4n) is 6.29. The minimum absolute atomic E-state index is 0.0373. The van der Waals surface area contributed by atoms with Gasteiger partial charge in [0.25, 0.3) is 0 Å². The van der Waals surface area contributed by atoms with Gasteiger partial charge in [0, 0.05) is 67.9 Å². The van der Waals surface area contributed by atoms with E-state index in [0.29, 0.717) is 99.4 Å². The van der Waals surface area contributed by atoms with Gasteiger partial charge in [0.2, 0.25) is 23.6 Å². The van der Waals surface area contributed by atoms with E-state index in [4.69, 9.17) is 47.6 Å². The molecule has 2 saturated heterocycles. The van der Waals surface area contributed by atoms with Gasteiger partial charge in [-0.1, -0.05) is 59.6 Å². The highest BCUT2D eigenvalue weighted by Gasteiger charge is 2.29. The SMILES string of the molecule is CNC(=O)C1CCN(Cc2ncc(-c3cccc(-c4cccc(-c5cnc(CNC[C@@H]6CCC(=O)N6)c(OC)n5)c4Cl)c3Cl)nc2OC)C1. The number of methoxy groups -OCH3 is 2. The molecule has 2 fully saturated rings. The zero-order valence-corrected chi connectivity index (χ0v) is 29.1. The summed E-state index contributed by atoms with van der Waals surface area (Å²) in [5.74, 6) is 0.882. The first-order valence-corrected chi connectivity index (χ1v) is 16.9. The molecule has 1 unspecified atom stereocenters. The molecule has 2 aliphatic rings. The molecule has 0 aliphatic carbocycles. The van der Waals surface area contributed by atoms with Gasteiger partial charge in [-0.05, 0) is 19.4 Å². The van der Waals surface area contributed by atoms with Crippen LogP contribution in [-0.4, -0.2) is 83.6 Å². The third-order valence-electron chi connectivity index (χ3n) is 8.88. The number of carbonyl (C=O) groups is 2. The summed E-state index contributed by atoms with van der Waals surface area (Å²) in [5.41, 5.74) is 5.22. The van der Waals surface area contributed by atoms with E-state index in [1.54, 1.807) is 33.7 Å². The third kappa shape index (κ3) is 7.62. The number of halogens is 2. The summed E-state index contributed by atoms with van der Waals surface area (Å²) in [6.07, 6.45) is 5.52. The highest BCUT2D eigenvalue weighted by atomic mass is 35.5. The van der Waals surface area contributed by atoms with Gasteiger partial charge in [-0.2, -0.15) is 0 Å². The van der Waals surface area contributed by atoms with Crippen molar-refractivity contribution in [3.8, 4) is 45.4 Å². The molecule has 49 heavy (non-hydrogen) atoms. The summed E-state index contributed by atoms with van der Waals surface area (Å²) < 4.78 is 11.2. The van der Waals surface area contributed by atoms with E-state index >= 15 is 0 Å². The summed E-state index contributed by atoms with van der Waals surface area (Å²) in [6.45, 7) is 3.03. The average molecular weight is 706 g/mol. The first kappa shape index (κ1) is 34.5. The smallest absolute Gasteiger partial charge is 0.237 e. The molecule has 0 radical (unpaired) electrons. The Labute approximate surface area is 295 Å². The minimum Gasteiger partial charge on any atom is -0.480 e. The minimum atomic E-state index is -0.0373. The van der Waals surface area contributed by atoms with Gasteiger partial charge in [-0.25, -0.2) is 9.97 Å². The van der Waals surface area contributed by atoms with Crippen LogP contribution in [0.3, 0.4) is 0 Å². The normalized spacial score (nSPS) is 17.6. The number of aromatic nitrogens is 4. The van der Waals surface area contributed by atoms with Crippen LogP contribution in [0, 0.1) is 5.92 Å². The number of hydrogen-bond acceptors (Lipinski definition) is 10. The van der Waals surface area contributed by atoms with E-state index in [1.807, 2.05) is 36.4 Å². The number of nitrogens with one attached hydrogen (secondary N) is 3.